The maximum atomic E-state index is 12.5. The van der Waals surface area contributed by atoms with Gasteiger partial charge in [-0.25, -0.2) is 4.79 Å². The van der Waals surface area contributed by atoms with E-state index in [0.29, 0.717) is 24.6 Å². The molecule has 2 rings (SSSR count). The first kappa shape index (κ1) is 21.5. The van der Waals surface area contributed by atoms with Crippen LogP contribution in [0.15, 0.2) is 54.6 Å². The Morgan fingerprint density at radius 1 is 0.964 bits per heavy atom. The van der Waals surface area contributed by atoms with Crippen molar-refractivity contribution < 1.29 is 9.59 Å². The number of anilines is 1. The smallest absolute Gasteiger partial charge is 0.319 e. The summed E-state index contributed by atoms with van der Waals surface area (Å²) in [7, 11) is 0. The van der Waals surface area contributed by atoms with Crippen LogP contribution in [0.1, 0.15) is 50.7 Å². The van der Waals surface area contributed by atoms with Crippen LogP contribution in [0.3, 0.4) is 0 Å². The van der Waals surface area contributed by atoms with Gasteiger partial charge in [0.1, 0.15) is 6.04 Å². The lowest BCUT2D eigenvalue weighted by molar-refractivity contribution is -0.123. The van der Waals surface area contributed by atoms with Crippen molar-refractivity contribution in [1.82, 2.24) is 10.6 Å². The predicted molar refractivity (Wildman–Crippen MR) is 115 cm³/mol. The molecule has 0 aromatic heterocycles. The summed E-state index contributed by atoms with van der Waals surface area (Å²) in [5, 5.41) is 8.52. The molecule has 5 heteroatoms. The highest BCUT2D eigenvalue weighted by Crippen LogP contribution is 2.17. The summed E-state index contributed by atoms with van der Waals surface area (Å²) < 4.78 is 0. The van der Waals surface area contributed by atoms with Gasteiger partial charge in [0.15, 0.2) is 0 Å². The first-order valence-corrected chi connectivity index (χ1v) is 9.98. The van der Waals surface area contributed by atoms with Crippen molar-refractivity contribution in [3.8, 4) is 0 Å². The Kier molecular flexibility index (Phi) is 8.53. The van der Waals surface area contributed by atoms with Crippen LogP contribution in [-0.2, 0) is 11.2 Å². The first-order valence-electron chi connectivity index (χ1n) is 9.98. The number of benzene rings is 2. The predicted octanol–water partition coefficient (Wildman–Crippen LogP) is 4.46. The van der Waals surface area contributed by atoms with Crippen molar-refractivity contribution in [1.29, 1.82) is 0 Å². The topological polar surface area (TPSA) is 70.2 Å². The molecule has 2 aromatic carbocycles. The van der Waals surface area contributed by atoms with E-state index in [0.717, 1.165) is 12.8 Å². The van der Waals surface area contributed by atoms with Crippen LogP contribution in [0.2, 0.25) is 0 Å². The van der Waals surface area contributed by atoms with E-state index >= 15 is 0 Å². The maximum absolute atomic E-state index is 12.5. The molecule has 0 fully saturated rings. The molecule has 0 aliphatic rings. The average Bonchev–Trinajstić information content (AvgIpc) is 2.68. The molecule has 0 aliphatic heterocycles. The zero-order valence-electron chi connectivity index (χ0n) is 17.0. The molecule has 2 aromatic rings. The van der Waals surface area contributed by atoms with E-state index in [1.165, 1.54) is 11.1 Å². The SMILES string of the molecule is CCC[C@H](NC(=O)Nc1ccc(C(C)C)cc1)C(=O)NCCc1ccccc1. The molecule has 0 spiro atoms. The fourth-order valence-electron chi connectivity index (χ4n) is 2.93. The monoisotopic (exact) mass is 381 g/mol. The lowest BCUT2D eigenvalue weighted by atomic mass is 10.0. The second-order valence-electron chi connectivity index (χ2n) is 7.24. The summed E-state index contributed by atoms with van der Waals surface area (Å²) in [6, 6.07) is 16.8. The van der Waals surface area contributed by atoms with E-state index in [-0.39, 0.29) is 11.9 Å². The lowest BCUT2D eigenvalue weighted by Crippen LogP contribution is -2.48. The second kappa shape index (κ2) is 11.1. The van der Waals surface area contributed by atoms with Gasteiger partial charge >= 0.3 is 6.03 Å². The summed E-state index contributed by atoms with van der Waals surface area (Å²) in [4.78, 5) is 24.8. The minimum Gasteiger partial charge on any atom is -0.354 e. The molecular weight excluding hydrogens is 350 g/mol. The van der Waals surface area contributed by atoms with Crippen LogP contribution < -0.4 is 16.0 Å². The van der Waals surface area contributed by atoms with E-state index in [1.54, 1.807) is 0 Å². The van der Waals surface area contributed by atoms with Gasteiger partial charge < -0.3 is 16.0 Å². The average molecular weight is 382 g/mol. The summed E-state index contributed by atoms with van der Waals surface area (Å²) in [5.74, 6) is 0.291. The normalized spacial score (nSPS) is 11.7. The Morgan fingerprint density at radius 2 is 1.64 bits per heavy atom. The largest absolute Gasteiger partial charge is 0.354 e. The minimum absolute atomic E-state index is 0.150. The summed E-state index contributed by atoms with van der Waals surface area (Å²) >= 11 is 0. The maximum Gasteiger partial charge on any atom is 0.319 e. The van der Waals surface area contributed by atoms with E-state index in [9.17, 15) is 9.59 Å². The minimum atomic E-state index is -0.546. The third-order valence-corrected chi connectivity index (χ3v) is 4.59. The Hall–Kier alpha value is -2.82. The van der Waals surface area contributed by atoms with Crippen LogP contribution in [0.25, 0.3) is 0 Å². The van der Waals surface area contributed by atoms with Crippen molar-refractivity contribution in [2.24, 2.45) is 0 Å². The van der Waals surface area contributed by atoms with Gasteiger partial charge in [0.05, 0.1) is 0 Å². The molecule has 1 atom stereocenters. The number of nitrogens with one attached hydrogen (secondary N) is 3. The summed E-state index contributed by atoms with van der Waals surface area (Å²) in [6.07, 6.45) is 2.16. The fourth-order valence-corrected chi connectivity index (χ4v) is 2.93. The highest BCUT2D eigenvalue weighted by molar-refractivity contribution is 5.93. The molecule has 0 saturated carbocycles. The van der Waals surface area contributed by atoms with Crippen LogP contribution in [0.4, 0.5) is 10.5 Å². The summed E-state index contributed by atoms with van der Waals surface area (Å²) in [6.45, 7) is 6.79. The Morgan fingerprint density at radius 3 is 2.25 bits per heavy atom. The molecule has 0 unspecified atom stereocenters. The van der Waals surface area contributed by atoms with Crippen LogP contribution in [0.5, 0.6) is 0 Å². The van der Waals surface area contributed by atoms with Gasteiger partial charge in [-0.15, -0.1) is 0 Å². The van der Waals surface area contributed by atoms with Crippen LogP contribution in [-0.4, -0.2) is 24.5 Å². The molecule has 0 bridgehead atoms. The van der Waals surface area contributed by atoms with E-state index in [1.807, 2.05) is 61.5 Å². The van der Waals surface area contributed by atoms with E-state index in [2.05, 4.69) is 29.8 Å². The van der Waals surface area contributed by atoms with Crippen LogP contribution in [0, 0.1) is 0 Å². The van der Waals surface area contributed by atoms with E-state index < -0.39 is 6.04 Å². The molecular formula is C23H31N3O2. The number of hydrogen-bond acceptors (Lipinski definition) is 2. The lowest BCUT2D eigenvalue weighted by Gasteiger charge is -2.18. The summed E-state index contributed by atoms with van der Waals surface area (Å²) in [5.41, 5.74) is 3.10. The number of carbonyl (C=O) groups is 2. The molecule has 5 nitrogen and oxygen atoms in total. The number of rotatable bonds is 9. The standard InChI is InChI=1S/C23H31N3O2/c1-4-8-21(22(27)24-16-15-18-9-6-5-7-10-18)26-23(28)25-20-13-11-19(12-14-20)17(2)3/h5-7,9-14,17,21H,4,8,15-16H2,1-3H3,(H,24,27)(H2,25,26,28)/t21-/m0/s1. The van der Waals surface area contributed by atoms with Crippen molar-refractivity contribution in [3.63, 3.8) is 0 Å². The second-order valence-corrected chi connectivity index (χ2v) is 7.24. The zero-order chi connectivity index (χ0) is 20.4. The Labute approximate surface area is 167 Å². The van der Waals surface area contributed by atoms with Crippen molar-refractivity contribution in [2.75, 3.05) is 11.9 Å². The van der Waals surface area contributed by atoms with Crippen molar-refractivity contribution >= 4 is 17.6 Å². The number of urea groups is 1. The van der Waals surface area contributed by atoms with Gasteiger partial charge in [-0.05, 0) is 42.0 Å². The van der Waals surface area contributed by atoms with Crippen LogP contribution >= 0.6 is 0 Å². The number of amides is 3. The van der Waals surface area contributed by atoms with Crippen molar-refractivity contribution in [3.05, 3.63) is 65.7 Å². The third-order valence-electron chi connectivity index (χ3n) is 4.59. The molecule has 150 valence electrons. The number of hydrogen-bond donors (Lipinski definition) is 3. The molecule has 3 amide bonds. The highest BCUT2D eigenvalue weighted by atomic mass is 16.2. The molecule has 0 saturated heterocycles. The Bertz CT molecular complexity index is 742. The number of carbonyl (C=O) groups excluding carboxylic acids is 2. The fraction of sp³-hybridized carbons (Fsp3) is 0.391. The molecule has 3 N–H and O–H groups in total. The van der Waals surface area contributed by atoms with Crippen molar-refractivity contribution in [2.45, 2.75) is 52.0 Å². The van der Waals surface area contributed by atoms with Gasteiger partial charge in [0, 0.05) is 12.2 Å². The molecule has 28 heavy (non-hydrogen) atoms. The van der Waals surface area contributed by atoms with Gasteiger partial charge in [0.2, 0.25) is 5.91 Å². The third kappa shape index (κ3) is 7.06. The molecule has 0 radical (unpaired) electrons. The van der Waals surface area contributed by atoms with Gasteiger partial charge in [0.25, 0.3) is 0 Å². The zero-order valence-corrected chi connectivity index (χ0v) is 17.0. The quantitative estimate of drug-likeness (QED) is 0.600. The first-order chi connectivity index (χ1) is 13.5. The highest BCUT2D eigenvalue weighted by Gasteiger charge is 2.19. The van der Waals surface area contributed by atoms with E-state index in [4.69, 9.17) is 0 Å². The molecule has 0 aliphatic carbocycles. The van der Waals surface area contributed by atoms with Gasteiger partial charge in [-0.2, -0.15) is 0 Å². The molecule has 0 heterocycles. The van der Waals surface area contributed by atoms with Gasteiger partial charge in [-0.1, -0.05) is 69.7 Å². The Balaban J connectivity index is 1.84. The van der Waals surface area contributed by atoms with Gasteiger partial charge in [-0.3, -0.25) is 4.79 Å².